The second-order valence-electron chi connectivity index (χ2n) is 4.97. The van der Waals surface area contributed by atoms with Crippen LogP contribution in [0.15, 0.2) is 30.7 Å². The molecule has 2 aromatic rings. The number of pyridine rings is 1. The van der Waals surface area contributed by atoms with Gasteiger partial charge in [-0.15, -0.1) is 5.53 Å². The number of nitrogens with one attached hydrogen (secondary N) is 1. The minimum absolute atomic E-state index is 0.0471. The summed E-state index contributed by atoms with van der Waals surface area (Å²) in [6, 6.07) is 4.11. The zero-order valence-corrected chi connectivity index (χ0v) is 11.2. The Balaban J connectivity index is 1.97. The summed E-state index contributed by atoms with van der Waals surface area (Å²) < 4.78 is 1.72. The van der Waals surface area contributed by atoms with Crippen LogP contribution in [0.4, 0.5) is 0 Å². The molecule has 0 saturated carbocycles. The van der Waals surface area contributed by atoms with E-state index in [0.29, 0.717) is 11.7 Å². The maximum atomic E-state index is 10.9. The van der Waals surface area contributed by atoms with Crippen LogP contribution in [0.3, 0.4) is 0 Å². The Morgan fingerprint density at radius 3 is 2.85 bits per heavy atom. The molecule has 7 nitrogen and oxygen atoms in total. The van der Waals surface area contributed by atoms with Gasteiger partial charge in [-0.3, -0.25) is 0 Å². The monoisotopic (exact) mass is 274 g/mol. The van der Waals surface area contributed by atoms with Gasteiger partial charge in [0.15, 0.2) is 5.69 Å². The molecule has 1 aliphatic rings. The molecule has 3 heterocycles. The summed E-state index contributed by atoms with van der Waals surface area (Å²) in [7, 11) is 0. The van der Waals surface area contributed by atoms with Crippen molar-refractivity contribution in [3.8, 4) is 0 Å². The lowest BCUT2D eigenvalue weighted by molar-refractivity contribution is -0.825. The third-order valence-corrected chi connectivity index (χ3v) is 3.22. The molecule has 0 bridgehead atoms. The molecular formula is C13H16N5O2+. The quantitative estimate of drug-likeness (QED) is 0.688. The number of nitrogens with zero attached hydrogens (tertiary/aromatic N) is 3. The number of imidazole rings is 1. The van der Waals surface area contributed by atoms with E-state index in [1.54, 1.807) is 4.40 Å². The minimum Gasteiger partial charge on any atom is -0.476 e. The van der Waals surface area contributed by atoms with Crippen LogP contribution < -0.4 is 11.0 Å². The minimum atomic E-state index is -1.02. The fraction of sp³-hybridized carbons (Fsp3) is 0.231. The number of nitrogens with two attached hydrogens (primary N) is 1. The Morgan fingerprint density at radius 2 is 2.20 bits per heavy atom. The molecule has 1 aliphatic heterocycles. The van der Waals surface area contributed by atoms with Gasteiger partial charge in [-0.1, -0.05) is 0 Å². The number of carboxylic acid groups (broad SMARTS) is 1. The molecule has 7 heteroatoms. The highest BCUT2D eigenvalue weighted by Gasteiger charge is 2.19. The molecule has 0 fully saturated rings. The van der Waals surface area contributed by atoms with Gasteiger partial charge in [0.05, 0.1) is 12.2 Å². The zero-order valence-electron chi connectivity index (χ0n) is 11.2. The van der Waals surface area contributed by atoms with Gasteiger partial charge in [0.2, 0.25) is 0 Å². The van der Waals surface area contributed by atoms with Crippen molar-refractivity contribution in [2.24, 2.45) is 0 Å². The van der Waals surface area contributed by atoms with Gasteiger partial charge >= 0.3 is 5.97 Å². The molecule has 104 valence electrons. The smallest absolute Gasteiger partial charge is 0.356 e. The third kappa shape index (κ3) is 2.08. The number of quaternary nitrogens is 1. The van der Waals surface area contributed by atoms with Crippen LogP contribution in [0, 0.1) is 0 Å². The molecule has 0 spiro atoms. The van der Waals surface area contributed by atoms with Gasteiger partial charge in [0.1, 0.15) is 11.3 Å². The Hall–Kier alpha value is -2.54. The average molecular weight is 274 g/mol. The second kappa shape index (κ2) is 4.53. The van der Waals surface area contributed by atoms with Crippen molar-refractivity contribution >= 4 is 17.3 Å². The normalized spacial score (nSPS) is 14.8. The van der Waals surface area contributed by atoms with E-state index in [2.05, 4.69) is 29.3 Å². The fourth-order valence-electron chi connectivity index (χ4n) is 2.08. The fourth-order valence-corrected chi connectivity index (χ4v) is 2.08. The summed E-state index contributed by atoms with van der Waals surface area (Å²) in [5.74, 6) is -1.02. The number of fused-ring (bicyclic) bond motifs is 1. The number of carbonyl (C=O) groups is 1. The Bertz CT molecular complexity index is 704. The number of rotatable bonds is 3. The molecule has 20 heavy (non-hydrogen) atoms. The number of aromatic nitrogens is 2. The number of hydrogen-bond donors (Lipinski definition) is 3. The van der Waals surface area contributed by atoms with Crippen LogP contribution in [0.1, 0.15) is 29.9 Å². The molecule has 2 aromatic heterocycles. The van der Waals surface area contributed by atoms with Gasteiger partial charge in [0, 0.05) is 18.0 Å². The van der Waals surface area contributed by atoms with Crippen molar-refractivity contribution < 1.29 is 15.4 Å². The first-order valence-electron chi connectivity index (χ1n) is 6.36. The molecule has 4 N–H and O–H groups in total. The summed E-state index contributed by atoms with van der Waals surface area (Å²) in [6.45, 7) is 4.21. The molecule has 0 saturated heterocycles. The van der Waals surface area contributed by atoms with Crippen molar-refractivity contribution in [3.05, 3.63) is 42.0 Å². The summed E-state index contributed by atoms with van der Waals surface area (Å²) in [5.41, 5.74) is 7.75. The van der Waals surface area contributed by atoms with E-state index in [9.17, 15) is 4.79 Å². The lowest BCUT2D eigenvalue weighted by atomic mass is 10.2. The van der Waals surface area contributed by atoms with Crippen LogP contribution in [-0.4, -0.2) is 31.5 Å². The van der Waals surface area contributed by atoms with Crippen LogP contribution in [0.25, 0.3) is 11.3 Å². The average Bonchev–Trinajstić information content (AvgIpc) is 3.04. The first-order valence-corrected chi connectivity index (χ1v) is 6.36. The first kappa shape index (κ1) is 12.5. The Morgan fingerprint density at radius 1 is 1.40 bits per heavy atom. The predicted octanol–water partition coefficient (Wildman–Crippen LogP) is 0.0379. The summed E-state index contributed by atoms with van der Waals surface area (Å²) in [4.78, 5) is 14.9. The standard InChI is InChI=1S/C13H15N5O2/c1-8(2)18-7-10(15-16-18)9-3-4-12-14-11(13(19)20)6-17(12)5-9/h3-8,15-16H,1-2H3,(H,19,20)/p+1. The van der Waals surface area contributed by atoms with E-state index in [0.717, 1.165) is 11.3 Å². The molecule has 3 rings (SSSR count). The molecule has 0 radical (unpaired) electrons. The van der Waals surface area contributed by atoms with Gasteiger partial charge in [0.25, 0.3) is 0 Å². The van der Waals surface area contributed by atoms with E-state index in [1.807, 2.05) is 30.1 Å². The van der Waals surface area contributed by atoms with Crippen molar-refractivity contribution in [1.82, 2.24) is 19.8 Å². The Kier molecular flexibility index (Phi) is 2.83. The second-order valence-corrected chi connectivity index (χ2v) is 4.97. The summed E-state index contributed by atoms with van der Waals surface area (Å²) in [5, 5.41) is 11.0. The van der Waals surface area contributed by atoms with Crippen molar-refractivity contribution in [1.29, 1.82) is 0 Å². The zero-order chi connectivity index (χ0) is 14.3. The lowest BCUT2D eigenvalue weighted by Gasteiger charge is -2.13. The topological polar surface area (TPSA) is 86.5 Å². The van der Waals surface area contributed by atoms with Gasteiger partial charge in [-0.25, -0.2) is 20.2 Å². The van der Waals surface area contributed by atoms with E-state index in [4.69, 9.17) is 5.11 Å². The molecule has 0 amide bonds. The maximum Gasteiger partial charge on any atom is 0.356 e. The van der Waals surface area contributed by atoms with E-state index in [1.165, 1.54) is 6.20 Å². The van der Waals surface area contributed by atoms with E-state index >= 15 is 0 Å². The van der Waals surface area contributed by atoms with Gasteiger partial charge in [-0.05, 0) is 26.0 Å². The van der Waals surface area contributed by atoms with Crippen LogP contribution >= 0.6 is 0 Å². The first-order chi connectivity index (χ1) is 9.54. The predicted molar refractivity (Wildman–Crippen MR) is 72.2 cm³/mol. The third-order valence-electron chi connectivity index (χ3n) is 3.22. The van der Waals surface area contributed by atoms with Crippen molar-refractivity contribution in [2.75, 3.05) is 0 Å². The van der Waals surface area contributed by atoms with Crippen LogP contribution in [0.5, 0.6) is 0 Å². The number of carboxylic acids is 1. The van der Waals surface area contributed by atoms with Crippen molar-refractivity contribution in [3.63, 3.8) is 0 Å². The summed E-state index contributed by atoms with van der Waals surface area (Å²) >= 11 is 0. The van der Waals surface area contributed by atoms with Gasteiger partial charge < -0.3 is 9.51 Å². The largest absolute Gasteiger partial charge is 0.476 e. The molecule has 0 atom stereocenters. The Labute approximate surface area is 115 Å². The van der Waals surface area contributed by atoms with E-state index in [-0.39, 0.29) is 5.69 Å². The maximum absolute atomic E-state index is 10.9. The SMILES string of the molecule is CC(C)N1C=C(c2ccc3nc(C(=O)O)cn3c2)N[NH2+]1. The molecule has 0 aliphatic carbocycles. The van der Waals surface area contributed by atoms with E-state index < -0.39 is 5.97 Å². The molecule has 0 unspecified atom stereocenters. The molecule has 0 aromatic carbocycles. The highest BCUT2D eigenvalue weighted by molar-refractivity contribution is 5.86. The lowest BCUT2D eigenvalue weighted by Crippen LogP contribution is -2.97. The highest BCUT2D eigenvalue weighted by Crippen LogP contribution is 2.15. The van der Waals surface area contributed by atoms with Crippen LogP contribution in [-0.2, 0) is 0 Å². The van der Waals surface area contributed by atoms with Crippen LogP contribution in [0.2, 0.25) is 0 Å². The van der Waals surface area contributed by atoms with Gasteiger partial charge in [-0.2, -0.15) is 0 Å². The summed E-state index contributed by atoms with van der Waals surface area (Å²) in [6.07, 6.45) is 5.41. The molecular weight excluding hydrogens is 258 g/mol. The number of aromatic carboxylic acids is 1. The number of hydrogen-bond acceptors (Lipinski definition) is 4. The highest BCUT2D eigenvalue weighted by atomic mass is 16.4. The van der Waals surface area contributed by atoms with Crippen molar-refractivity contribution in [2.45, 2.75) is 19.9 Å².